The fourth-order valence-electron chi connectivity index (χ4n) is 3.40. The SMILES string of the molecule is O=C1N[C@H](c2ccc(N3CCCCC3)cc2)Nc2ccccc21. The Kier molecular flexibility index (Phi) is 3.66. The second-order valence-corrected chi connectivity index (χ2v) is 6.24. The van der Waals surface area contributed by atoms with Crippen LogP contribution in [0.4, 0.5) is 11.4 Å². The van der Waals surface area contributed by atoms with Gasteiger partial charge in [-0.3, -0.25) is 4.79 Å². The van der Waals surface area contributed by atoms with Crippen LogP contribution in [0.1, 0.15) is 41.3 Å². The Labute approximate surface area is 136 Å². The number of rotatable bonds is 2. The van der Waals surface area contributed by atoms with Crippen molar-refractivity contribution in [3.63, 3.8) is 0 Å². The summed E-state index contributed by atoms with van der Waals surface area (Å²) >= 11 is 0. The zero-order chi connectivity index (χ0) is 15.6. The molecule has 1 fully saturated rings. The van der Waals surface area contributed by atoms with Crippen LogP contribution in [0.3, 0.4) is 0 Å². The highest BCUT2D eigenvalue weighted by Crippen LogP contribution is 2.28. The van der Waals surface area contributed by atoms with Crippen molar-refractivity contribution < 1.29 is 4.79 Å². The Morgan fingerprint density at radius 3 is 2.39 bits per heavy atom. The van der Waals surface area contributed by atoms with Crippen molar-refractivity contribution in [2.24, 2.45) is 0 Å². The lowest BCUT2D eigenvalue weighted by Crippen LogP contribution is -2.38. The number of anilines is 2. The summed E-state index contributed by atoms with van der Waals surface area (Å²) in [7, 11) is 0. The molecule has 0 aromatic heterocycles. The normalized spacial score (nSPS) is 20.4. The number of hydrogen-bond donors (Lipinski definition) is 2. The number of fused-ring (bicyclic) bond motifs is 1. The first-order valence-electron chi connectivity index (χ1n) is 8.32. The van der Waals surface area contributed by atoms with Gasteiger partial charge in [0.05, 0.1) is 5.56 Å². The van der Waals surface area contributed by atoms with Crippen molar-refractivity contribution in [1.29, 1.82) is 0 Å². The first-order chi connectivity index (χ1) is 11.3. The minimum atomic E-state index is -0.173. The molecule has 4 rings (SSSR count). The summed E-state index contributed by atoms with van der Waals surface area (Å²) in [5, 5.41) is 6.42. The molecule has 1 saturated heterocycles. The topological polar surface area (TPSA) is 44.4 Å². The van der Waals surface area contributed by atoms with E-state index in [0.29, 0.717) is 5.56 Å². The van der Waals surface area contributed by atoms with Gasteiger partial charge in [0, 0.05) is 24.5 Å². The lowest BCUT2D eigenvalue weighted by molar-refractivity contribution is 0.0935. The molecule has 0 saturated carbocycles. The van der Waals surface area contributed by atoms with Gasteiger partial charge >= 0.3 is 0 Å². The first-order valence-corrected chi connectivity index (χ1v) is 8.32. The fourth-order valence-corrected chi connectivity index (χ4v) is 3.40. The third-order valence-corrected chi connectivity index (χ3v) is 4.69. The van der Waals surface area contributed by atoms with Crippen LogP contribution >= 0.6 is 0 Å². The molecule has 0 bridgehead atoms. The number of nitrogens with zero attached hydrogens (tertiary/aromatic N) is 1. The molecule has 4 nitrogen and oxygen atoms in total. The summed E-state index contributed by atoms with van der Waals surface area (Å²) in [5.74, 6) is -0.0237. The maximum Gasteiger partial charge on any atom is 0.255 e. The molecule has 0 radical (unpaired) electrons. The van der Waals surface area contributed by atoms with Crippen LogP contribution in [0.2, 0.25) is 0 Å². The van der Waals surface area contributed by atoms with Gasteiger partial charge < -0.3 is 15.5 Å². The summed E-state index contributed by atoms with van der Waals surface area (Å²) < 4.78 is 0. The maximum absolute atomic E-state index is 12.2. The van der Waals surface area contributed by atoms with E-state index in [1.165, 1.54) is 24.9 Å². The number of nitrogens with one attached hydrogen (secondary N) is 2. The largest absolute Gasteiger partial charge is 0.372 e. The predicted octanol–water partition coefficient (Wildman–Crippen LogP) is 3.53. The fraction of sp³-hybridized carbons (Fsp3) is 0.316. The van der Waals surface area contributed by atoms with E-state index in [-0.39, 0.29) is 12.1 Å². The first kappa shape index (κ1) is 14.1. The minimum Gasteiger partial charge on any atom is -0.372 e. The summed E-state index contributed by atoms with van der Waals surface area (Å²) in [4.78, 5) is 14.7. The average molecular weight is 307 g/mol. The van der Waals surface area contributed by atoms with Crippen LogP contribution in [0.5, 0.6) is 0 Å². The Morgan fingerprint density at radius 1 is 0.870 bits per heavy atom. The summed E-state index contributed by atoms with van der Waals surface area (Å²) in [5.41, 5.74) is 3.94. The predicted molar refractivity (Wildman–Crippen MR) is 92.8 cm³/mol. The lowest BCUT2D eigenvalue weighted by atomic mass is 10.0. The summed E-state index contributed by atoms with van der Waals surface area (Å²) in [6, 6.07) is 16.2. The van der Waals surface area contributed by atoms with Crippen LogP contribution in [-0.4, -0.2) is 19.0 Å². The molecule has 0 spiro atoms. The van der Waals surface area contributed by atoms with Crippen LogP contribution in [-0.2, 0) is 0 Å². The standard InChI is InChI=1S/C19H21N3O/c23-19-16-6-2-3-7-17(16)20-18(21-19)14-8-10-15(11-9-14)22-12-4-1-5-13-22/h2-3,6-11,18,20H,1,4-5,12-13H2,(H,21,23)/t18-/m1/s1. The quantitative estimate of drug-likeness (QED) is 0.892. The van der Waals surface area contributed by atoms with E-state index in [2.05, 4.69) is 39.8 Å². The minimum absolute atomic E-state index is 0.0237. The van der Waals surface area contributed by atoms with Crippen molar-refractivity contribution in [3.05, 3.63) is 59.7 Å². The molecule has 2 aromatic carbocycles. The molecule has 4 heteroatoms. The highest BCUT2D eigenvalue weighted by Gasteiger charge is 2.24. The zero-order valence-corrected chi connectivity index (χ0v) is 13.1. The molecule has 2 aliphatic heterocycles. The van der Waals surface area contributed by atoms with Crippen molar-refractivity contribution in [2.45, 2.75) is 25.4 Å². The highest BCUT2D eigenvalue weighted by atomic mass is 16.2. The van der Waals surface area contributed by atoms with Crippen molar-refractivity contribution in [2.75, 3.05) is 23.3 Å². The van der Waals surface area contributed by atoms with E-state index in [1.54, 1.807) is 0 Å². The summed E-state index contributed by atoms with van der Waals surface area (Å²) in [6.45, 7) is 2.29. The number of carbonyl (C=O) groups is 1. The van der Waals surface area contributed by atoms with Crippen molar-refractivity contribution in [1.82, 2.24) is 5.32 Å². The molecule has 0 unspecified atom stereocenters. The third kappa shape index (κ3) is 2.77. The molecular weight excluding hydrogens is 286 g/mol. The van der Waals surface area contributed by atoms with E-state index in [4.69, 9.17) is 0 Å². The van der Waals surface area contributed by atoms with Crippen molar-refractivity contribution in [3.8, 4) is 0 Å². The number of hydrogen-bond acceptors (Lipinski definition) is 3. The van der Waals surface area contributed by atoms with Gasteiger partial charge in [-0.25, -0.2) is 0 Å². The van der Waals surface area contributed by atoms with E-state index in [1.807, 2.05) is 24.3 Å². The van der Waals surface area contributed by atoms with Gasteiger partial charge in [-0.1, -0.05) is 24.3 Å². The number of para-hydroxylation sites is 1. The maximum atomic E-state index is 12.2. The Balaban J connectivity index is 1.54. The van der Waals surface area contributed by atoms with E-state index < -0.39 is 0 Å². The van der Waals surface area contributed by atoms with Gasteiger partial charge in [-0.05, 0) is 49.1 Å². The van der Waals surface area contributed by atoms with Crippen LogP contribution in [0, 0.1) is 0 Å². The van der Waals surface area contributed by atoms with Crippen LogP contribution in [0.15, 0.2) is 48.5 Å². The second-order valence-electron chi connectivity index (χ2n) is 6.24. The molecule has 2 aliphatic rings. The van der Waals surface area contributed by atoms with Gasteiger partial charge in [-0.2, -0.15) is 0 Å². The van der Waals surface area contributed by atoms with Crippen molar-refractivity contribution >= 4 is 17.3 Å². The molecule has 118 valence electrons. The van der Waals surface area contributed by atoms with E-state index in [0.717, 1.165) is 24.3 Å². The van der Waals surface area contributed by atoms with Gasteiger partial charge in [0.2, 0.25) is 0 Å². The van der Waals surface area contributed by atoms with E-state index >= 15 is 0 Å². The number of amides is 1. The molecule has 2 heterocycles. The van der Waals surface area contributed by atoms with Gasteiger partial charge in [0.1, 0.15) is 6.17 Å². The molecule has 2 aromatic rings. The number of benzene rings is 2. The third-order valence-electron chi connectivity index (χ3n) is 4.69. The number of carbonyl (C=O) groups excluding carboxylic acids is 1. The van der Waals surface area contributed by atoms with Crippen LogP contribution < -0.4 is 15.5 Å². The van der Waals surface area contributed by atoms with Gasteiger partial charge in [0.25, 0.3) is 5.91 Å². The molecule has 1 amide bonds. The second kappa shape index (κ2) is 5.95. The van der Waals surface area contributed by atoms with Gasteiger partial charge in [-0.15, -0.1) is 0 Å². The molecular formula is C19H21N3O. The monoisotopic (exact) mass is 307 g/mol. The van der Waals surface area contributed by atoms with Crippen LogP contribution in [0.25, 0.3) is 0 Å². The molecule has 23 heavy (non-hydrogen) atoms. The highest BCUT2D eigenvalue weighted by molar-refractivity contribution is 6.01. The molecule has 0 aliphatic carbocycles. The Hall–Kier alpha value is -2.49. The molecule has 1 atom stereocenters. The lowest BCUT2D eigenvalue weighted by Gasteiger charge is -2.30. The Morgan fingerprint density at radius 2 is 1.61 bits per heavy atom. The summed E-state index contributed by atoms with van der Waals surface area (Å²) in [6.07, 6.45) is 3.72. The van der Waals surface area contributed by atoms with Gasteiger partial charge in [0.15, 0.2) is 0 Å². The average Bonchev–Trinajstić information content (AvgIpc) is 2.63. The smallest absolute Gasteiger partial charge is 0.255 e. The molecule has 2 N–H and O–H groups in total. The van der Waals surface area contributed by atoms with E-state index in [9.17, 15) is 4.79 Å². The Bertz CT molecular complexity index is 705. The zero-order valence-electron chi connectivity index (χ0n) is 13.1. The number of piperidine rings is 1.